The predicted octanol–water partition coefficient (Wildman–Crippen LogP) is 8.21. The SMILES string of the molecule is COc1ccc(C2CCC(CN(C(=O)C3CCC4(CC3)CC4)c3cc(-c4coc(C5CC5)n4)ccn3)CC2)cc1C. The monoisotopic (exact) mass is 553 g/mol. The number of anilines is 1. The molecule has 0 unspecified atom stereocenters. The maximum atomic E-state index is 14.2. The average molecular weight is 554 g/mol. The zero-order valence-corrected chi connectivity index (χ0v) is 24.6. The van der Waals surface area contributed by atoms with E-state index in [9.17, 15) is 4.79 Å². The van der Waals surface area contributed by atoms with Gasteiger partial charge >= 0.3 is 0 Å². The highest BCUT2D eigenvalue weighted by Gasteiger charge is 2.46. The summed E-state index contributed by atoms with van der Waals surface area (Å²) < 4.78 is 11.3. The summed E-state index contributed by atoms with van der Waals surface area (Å²) in [6, 6.07) is 10.7. The first-order chi connectivity index (χ1) is 20.0. The van der Waals surface area contributed by atoms with Crippen molar-refractivity contribution in [1.82, 2.24) is 9.97 Å². The minimum atomic E-state index is 0.110. The smallest absolute Gasteiger partial charge is 0.231 e. The van der Waals surface area contributed by atoms with Crippen molar-refractivity contribution < 1.29 is 13.9 Å². The van der Waals surface area contributed by atoms with Crippen molar-refractivity contribution in [2.24, 2.45) is 17.3 Å². The van der Waals surface area contributed by atoms with Gasteiger partial charge in [-0.05, 0) is 131 Å². The third-order valence-electron chi connectivity index (χ3n) is 10.6. The number of aryl methyl sites for hydroxylation is 1. The van der Waals surface area contributed by atoms with Crippen LogP contribution >= 0.6 is 0 Å². The van der Waals surface area contributed by atoms with Crippen molar-refractivity contribution >= 4 is 11.7 Å². The third kappa shape index (κ3) is 5.67. The van der Waals surface area contributed by atoms with Gasteiger partial charge in [-0.2, -0.15) is 0 Å². The molecule has 0 aliphatic heterocycles. The molecule has 6 heteroatoms. The van der Waals surface area contributed by atoms with Crippen LogP contribution in [0.4, 0.5) is 5.82 Å². The van der Waals surface area contributed by atoms with Crippen molar-refractivity contribution in [3.05, 3.63) is 59.8 Å². The molecule has 3 aromatic rings. The van der Waals surface area contributed by atoms with E-state index < -0.39 is 0 Å². The van der Waals surface area contributed by atoms with Crippen molar-refractivity contribution in [3.8, 4) is 17.0 Å². The van der Waals surface area contributed by atoms with Gasteiger partial charge in [0.25, 0.3) is 0 Å². The number of carbonyl (C=O) groups is 1. The largest absolute Gasteiger partial charge is 0.496 e. The highest BCUT2D eigenvalue weighted by atomic mass is 16.5. The number of nitrogens with zero attached hydrogens (tertiary/aromatic N) is 3. The lowest BCUT2D eigenvalue weighted by Gasteiger charge is -2.36. The molecule has 0 radical (unpaired) electrons. The fourth-order valence-corrected chi connectivity index (χ4v) is 7.43. The second-order valence-electron chi connectivity index (χ2n) is 13.4. The van der Waals surface area contributed by atoms with Crippen molar-refractivity contribution in [1.29, 1.82) is 0 Å². The molecule has 1 aromatic carbocycles. The molecule has 6 nitrogen and oxygen atoms in total. The topological polar surface area (TPSA) is 68.5 Å². The molecule has 0 saturated heterocycles. The number of oxazole rings is 1. The summed E-state index contributed by atoms with van der Waals surface area (Å²) in [6.07, 6.45) is 17.6. The molecule has 0 atom stereocenters. The number of aromatic nitrogens is 2. The molecule has 4 saturated carbocycles. The first kappa shape index (κ1) is 26.7. The number of benzene rings is 1. The Morgan fingerprint density at radius 1 is 0.976 bits per heavy atom. The third-order valence-corrected chi connectivity index (χ3v) is 10.6. The lowest BCUT2D eigenvalue weighted by molar-refractivity contribution is -0.123. The number of rotatable bonds is 8. The fourth-order valence-electron chi connectivity index (χ4n) is 7.43. The highest BCUT2D eigenvalue weighted by Crippen LogP contribution is 2.57. The van der Waals surface area contributed by atoms with Crippen LogP contribution in [0.25, 0.3) is 11.3 Å². The van der Waals surface area contributed by atoms with Gasteiger partial charge in [0.15, 0.2) is 5.89 Å². The average Bonchev–Trinajstić information content (AvgIpc) is 3.95. The molecule has 1 amide bonds. The number of ether oxygens (including phenoxy) is 1. The molecule has 41 heavy (non-hydrogen) atoms. The van der Waals surface area contributed by atoms with Gasteiger partial charge in [0, 0.05) is 30.1 Å². The normalized spacial score (nSPS) is 23.9. The zero-order chi connectivity index (χ0) is 28.0. The van der Waals surface area contributed by atoms with Crippen LogP contribution in [0.2, 0.25) is 0 Å². The number of pyridine rings is 1. The Morgan fingerprint density at radius 3 is 2.41 bits per heavy atom. The molecule has 0 N–H and O–H groups in total. The summed E-state index contributed by atoms with van der Waals surface area (Å²) in [5.74, 6) is 4.47. The Hall–Kier alpha value is -3.15. The summed E-state index contributed by atoms with van der Waals surface area (Å²) in [6.45, 7) is 2.87. The van der Waals surface area contributed by atoms with Gasteiger partial charge in [0.2, 0.25) is 5.91 Å². The molecular formula is C35H43N3O3. The van der Waals surface area contributed by atoms with Crippen LogP contribution in [0.1, 0.15) is 106 Å². The lowest BCUT2D eigenvalue weighted by atomic mass is 9.77. The van der Waals surface area contributed by atoms with Gasteiger partial charge < -0.3 is 9.15 Å². The minimum absolute atomic E-state index is 0.110. The van der Waals surface area contributed by atoms with Gasteiger partial charge in [-0.3, -0.25) is 9.69 Å². The summed E-state index contributed by atoms with van der Waals surface area (Å²) >= 11 is 0. The van der Waals surface area contributed by atoms with Gasteiger partial charge in [0.1, 0.15) is 23.5 Å². The minimum Gasteiger partial charge on any atom is -0.496 e. The molecule has 2 heterocycles. The van der Waals surface area contributed by atoms with E-state index in [-0.39, 0.29) is 11.8 Å². The first-order valence-corrected chi connectivity index (χ1v) is 15.9. The second-order valence-corrected chi connectivity index (χ2v) is 13.4. The van der Waals surface area contributed by atoms with E-state index in [0.29, 0.717) is 23.2 Å². The van der Waals surface area contributed by atoms with Crippen LogP contribution in [0, 0.1) is 24.2 Å². The number of hydrogen-bond acceptors (Lipinski definition) is 5. The standard InChI is InChI=1S/C35H43N3O3/c1-23-19-28(9-10-31(23)40-2)25-5-3-24(4-6-25)21-38(34(39)27-11-14-35(15-12-27)16-17-35)32-20-29(13-18-36-32)30-22-41-33(37-30)26-7-8-26/h9-10,13,18-20,22,24-27H,3-8,11-12,14-17,21H2,1-2H3. The van der Waals surface area contributed by atoms with Crippen LogP contribution in [-0.4, -0.2) is 29.5 Å². The molecule has 7 rings (SSSR count). The Morgan fingerprint density at radius 2 is 1.73 bits per heavy atom. The number of hydrogen-bond donors (Lipinski definition) is 0. The van der Waals surface area contributed by atoms with Crippen LogP contribution in [0.3, 0.4) is 0 Å². The van der Waals surface area contributed by atoms with Crippen LogP contribution < -0.4 is 9.64 Å². The van der Waals surface area contributed by atoms with Crippen molar-refractivity contribution in [2.75, 3.05) is 18.6 Å². The lowest BCUT2D eigenvalue weighted by Crippen LogP contribution is -2.42. The van der Waals surface area contributed by atoms with Crippen molar-refractivity contribution in [3.63, 3.8) is 0 Å². The zero-order valence-electron chi connectivity index (χ0n) is 24.6. The molecular weight excluding hydrogens is 510 g/mol. The van der Waals surface area contributed by atoms with Gasteiger partial charge in [0.05, 0.1) is 7.11 Å². The summed E-state index contributed by atoms with van der Waals surface area (Å²) in [4.78, 5) is 25.8. The van der Waals surface area contributed by atoms with Gasteiger partial charge in [-0.1, -0.05) is 12.1 Å². The fraction of sp³-hybridized carbons (Fsp3) is 0.571. The van der Waals surface area contributed by atoms with Crippen molar-refractivity contribution in [2.45, 2.75) is 95.8 Å². The Bertz CT molecular complexity index is 1390. The molecule has 4 aliphatic carbocycles. The highest BCUT2D eigenvalue weighted by molar-refractivity contribution is 5.94. The van der Waals surface area contributed by atoms with E-state index in [1.807, 2.05) is 17.2 Å². The van der Waals surface area contributed by atoms with Gasteiger partial charge in [-0.25, -0.2) is 9.97 Å². The Kier molecular flexibility index (Phi) is 7.12. The maximum absolute atomic E-state index is 14.2. The molecule has 4 aliphatic rings. The van der Waals surface area contributed by atoms with E-state index in [1.54, 1.807) is 13.4 Å². The van der Waals surface area contributed by atoms with E-state index in [1.165, 1.54) is 36.8 Å². The number of methoxy groups -OCH3 is 1. The Labute approximate surface area is 243 Å². The van der Waals surface area contributed by atoms with Crippen LogP contribution in [-0.2, 0) is 4.79 Å². The molecule has 1 spiro atoms. The van der Waals surface area contributed by atoms with Gasteiger partial charge in [-0.15, -0.1) is 0 Å². The summed E-state index contributed by atoms with van der Waals surface area (Å²) in [7, 11) is 1.74. The maximum Gasteiger partial charge on any atom is 0.231 e. The number of carbonyl (C=O) groups excluding carboxylic acids is 1. The molecule has 216 valence electrons. The van der Waals surface area contributed by atoms with Crippen LogP contribution in [0.15, 0.2) is 47.2 Å². The molecule has 4 fully saturated rings. The van der Waals surface area contributed by atoms with E-state index in [4.69, 9.17) is 19.1 Å². The van der Waals surface area contributed by atoms with Crippen LogP contribution in [0.5, 0.6) is 5.75 Å². The molecule has 0 bridgehead atoms. The van der Waals surface area contributed by atoms with E-state index in [2.05, 4.69) is 31.2 Å². The first-order valence-electron chi connectivity index (χ1n) is 15.9. The van der Waals surface area contributed by atoms with E-state index >= 15 is 0 Å². The summed E-state index contributed by atoms with van der Waals surface area (Å²) in [5.41, 5.74) is 5.00. The predicted molar refractivity (Wildman–Crippen MR) is 160 cm³/mol. The second kappa shape index (κ2) is 10.9. The molecule has 2 aromatic heterocycles. The number of amides is 1. The summed E-state index contributed by atoms with van der Waals surface area (Å²) in [5, 5.41) is 0. The van der Waals surface area contributed by atoms with E-state index in [0.717, 1.165) is 86.6 Å². The quantitative estimate of drug-likeness (QED) is 0.281. The Balaban J connectivity index is 1.08.